The number of rotatable bonds is 8. The minimum Gasteiger partial charge on any atom is -0.391 e. The van der Waals surface area contributed by atoms with E-state index in [1.807, 2.05) is 13.8 Å². The van der Waals surface area contributed by atoms with Crippen LogP contribution in [0.5, 0.6) is 0 Å². The summed E-state index contributed by atoms with van der Waals surface area (Å²) in [5.41, 5.74) is 6.91. The van der Waals surface area contributed by atoms with E-state index in [2.05, 4.69) is 20.8 Å². The van der Waals surface area contributed by atoms with Gasteiger partial charge < -0.3 is 15.7 Å². The van der Waals surface area contributed by atoms with Gasteiger partial charge in [-0.1, -0.05) is 25.4 Å². The predicted octanol–water partition coefficient (Wildman–Crippen LogP) is 0.267. The zero-order chi connectivity index (χ0) is 21.8. The largest absolute Gasteiger partial charge is 0.391 e. The molecule has 1 aromatic carbocycles. The van der Waals surface area contributed by atoms with Crippen molar-refractivity contribution in [3.8, 4) is 5.69 Å². The Kier molecular flexibility index (Phi) is 7.01. The number of primary amides is 1. The molecule has 2 aromatic rings. The molecule has 2 amide bonds. The molecule has 4 N–H and O–H groups in total. The molecule has 1 aromatic heterocycles. The Morgan fingerprint density at radius 3 is 2.80 bits per heavy atom. The number of aliphatic hydroxyl groups is 1. The van der Waals surface area contributed by atoms with Crippen LogP contribution in [0.3, 0.4) is 0 Å². The van der Waals surface area contributed by atoms with Gasteiger partial charge in [-0.05, 0) is 52.9 Å². The zero-order valence-electron chi connectivity index (χ0n) is 16.9. The molecule has 3 atom stereocenters. The number of hydrogen-bond acceptors (Lipinski definition) is 7. The third kappa shape index (κ3) is 4.77. The van der Waals surface area contributed by atoms with Crippen molar-refractivity contribution in [2.24, 2.45) is 11.7 Å². The molecule has 1 saturated heterocycles. The maximum Gasteiger partial charge on any atom is 0.243 e. The van der Waals surface area contributed by atoms with E-state index >= 15 is 0 Å². The van der Waals surface area contributed by atoms with Gasteiger partial charge >= 0.3 is 0 Å². The molecule has 1 aliphatic rings. The van der Waals surface area contributed by atoms with Crippen LogP contribution in [-0.4, -0.2) is 66.8 Å². The minimum absolute atomic E-state index is 0.181. The number of hydrogen-bond donors (Lipinski definition) is 3. The number of carbonyl (C=O) groups excluding carboxylic acids is 2. The molecule has 1 aliphatic heterocycles. The molecule has 0 aliphatic carbocycles. The van der Waals surface area contributed by atoms with E-state index in [1.54, 1.807) is 18.2 Å². The molecule has 10 nitrogen and oxygen atoms in total. The molecule has 162 valence electrons. The normalized spacial score (nSPS) is 18.6. The van der Waals surface area contributed by atoms with Crippen LogP contribution >= 0.6 is 11.6 Å². The van der Waals surface area contributed by atoms with E-state index in [0.29, 0.717) is 30.1 Å². The van der Waals surface area contributed by atoms with E-state index < -0.39 is 24.1 Å². The molecular weight excluding hydrogens is 410 g/mol. The lowest BCUT2D eigenvalue weighted by Crippen LogP contribution is -2.56. The van der Waals surface area contributed by atoms with E-state index in [0.717, 1.165) is 5.56 Å². The van der Waals surface area contributed by atoms with Crippen molar-refractivity contribution in [1.29, 1.82) is 0 Å². The van der Waals surface area contributed by atoms with Crippen LogP contribution in [0.2, 0.25) is 5.02 Å². The fraction of sp³-hybridized carbons (Fsp3) is 0.526. The summed E-state index contributed by atoms with van der Waals surface area (Å²) in [5.74, 6) is -1.06. The van der Waals surface area contributed by atoms with Crippen molar-refractivity contribution in [3.05, 3.63) is 35.1 Å². The average molecular weight is 436 g/mol. The second-order valence-corrected chi connectivity index (χ2v) is 8.15. The van der Waals surface area contributed by atoms with Gasteiger partial charge in [0.15, 0.2) is 0 Å². The van der Waals surface area contributed by atoms with Crippen molar-refractivity contribution < 1.29 is 14.7 Å². The summed E-state index contributed by atoms with van der Waals surface area (Å²) < 4.78 is 1.49. The lowest BCUT2D eigenvalue weighted by atomic mass is 9.97. The molecule has 0 saturated carbocycles. The SMILES string of the molecule is CC(C)[C@H](O)C(NCc1cc(Cl)ccc1-n1cnnn1)C(=O)N1CCC[C@H]1C(N)=O. The maximum atomic E-state index is 13.2. The summed E-state index contributed by atoms with van der Waals surface area (Å²) in [4.78, 5) is 26.4. The highest BCUT2D eigenvalue weighted by atomic mass is 35.5. The number of benzene rings is 1. The maximum absolute atomic E-state index is 13.2. The van der Waals surface area contributed by atoms with Gasteiger partial charge in [-0.25, -0.2) is 4.68 Å². The third-order valence-corrected chi connectivity index (χ3v) is 5.54. The second-order valence-electron chi connectivity index (χ2n) is 7.71. The van der Waals surface area contributed by atoms with Gasteiger partial charge in [0, 0.05) is 18.1 Å². The number of carbonyl (C=O) groups is 2. The topological polar surface area (TPSA) is 139 Å². The highest BCUT2D eigenvalue weighted by Gasteiger charge is 2.39. The van der Waals surface area contributed by atoms with Crippen molar-refractivity contribution in [1.82, 2.24) is 30.4 Å². The van der Waals surface area contributed by atoms with Crippen LogP contribution in [-0.2, 0) is 16.1 Å². The third-order valence-electron chi connectivity index (χ3n) is 5.30. The summed E-state index contributed by atoms with van der Waals surface area (Å²) in [6, 6.07) is 3.68. The fourth-order valence-corrected chi connectivity index (χ4v) is 3.85. The minimum atomic E-state index is -0.956. The number of tetrazole rings is 1. The van der Waals surface area contributed by atoms with Crippen molar-refractivity contribution in [2.75, 3.05) is 6.54 Å². The van der Waals surface area contributed by atoms with E-state index in [9.17, 15) is 14.7 Å². The first kappa shape index (κ1) is 22.1. The van der Waals surface area contributed by atoms with Crippen LogP contribution in [0.4, 0.5) is 0 Å². The van der Waals surface area contributed by atoms with Gasteiger partial charge in [0.05, 0.1) is 11.8 Å². The van der Waals surface area contributed by atoms with Gasteiger partial charge in [0.2, 0.25) is 11.8 Å². The molecule has 11 heteroatoms. The molecule has 3 rings (SSSR count). The molecule has 0 bridgehead atoms. The molecule has 2 heterocycles. The highest BCUT2D eigenvalue weighted by molar-refractivity contribution is 6.30. The Labute approximate surface area is 179 Å². The number of nitrogens with zero attached hydrogens (tertiary/aromatic N) is 5. The number of amides is 2. The zero-order valence-corrected chi connectivity index (χ0v) is 17.7. The lowest BCUT2D eigenvalue weighted by Gasteiger charge is -2.32. The molecule has 0 radical (unpaired) electrons. The van der Waals surface area contributed by atoms with Gasteiger partial charge in [-0.2, -0.15) is 0 Å². The number of likely N-dealkylation sites (tertiary alicyclic amines) is 1. The van der Waals surface area contributed by atoms with Crippen LogP contribution in [0, 0.1) is 5.92 Å². The Hall–Kier alpha value is -2.56. The van der Waals surface area contributed by atoms with Gasteiger partial charge in [0.25, 0.3) is 0 Å². The number of nitrogens with two attached hydrogens (primary N) is 1. The van der Waals surface area contributed by atoms with Crippen molar-refractivity contribution in [3.63, 3.8) is 0 Å². The Morgan fingerprint density at radius 2 is 2.17 bits per heavy atom. The van der Waals surface area contributed by atoms with E-state index in [4.69, 9.17) is 17.3 Å². The Bertz CT molecular complexity index is 890. The first-order valence-electron chi connectivity index (χ1n) is 9.82. The standard InChI is InChI=1S/C19H26ClN7O3/c1-11(2)17(28)16(19(30)26-7-3-4-15(26)18(21)29)22-9-12-8-13(20)5-6-14(12)27-10-23-24-25-27/h5-6,8,10-11,15-17,22,28H,3-4,7,9H2,1-2H3,(H2,21,29)/t15-,16?,17-/m0/s1. The van der Waals surface area contributed by atoms with Crippen LogP contribution in [0.15, 0.2) is 24.5 Å². The average Bonchev–Trinajstić information content (AvgIpc) is 3.39. The fourth-order valence-electron chi connectivity index (χ4n) is 3.65. The van der Waals surface area contributed by atoms with Gasteiger partial charge in [-0.15, -0.1) is 5.10 Å². The van der Waals surface area contributed by atoms with Crippen molar-refractivity contribution in [2.45, 2.75) is 51.4 Å². The number of aromatic nitrogens is 4. The van der Waals surface area contributed by atoms with Gasteiger partial charge in [0.1, 0.15) is 18.4 Å². The summed E-state index contributed by atoms with van der Waals surface area (Å²) in [6.07, 6.45) is 1.73. The highest BCUT2D eigenvalue weighted by Crippen LogP contribution is 2.22. The Balaban J connectivity index is 1.84. The van der Waals surface area contributed by atoms with Crippen LogP contribution in [0.1, 0.15) is 32.3 Å². The quantitative estimate of drug-likeness (QED) is 0.540. The Morgan fingerprint density at radius 1 is 1.40 bits per heavy atom. The summed E-state index contributed by atoms with van der Waals surface area (Å²) in [7, 11) is 0. The van der Waals surface area contributed by atoms with Crippen LogP contribution < -0.4 is 11.1 Å². The number of halogens is 1. The van der Waals surface area contributed by atoms with Crippen molar-refractivity contribution >= 4 is 23.4 Å². The summed E-state index contributed by atoms with van der Waals surface area (Å²) in [6.45, 7) is 4.32. The smallest absolute Gasteiger partial charge is 0.243 e. The summed E-state index contributed by atoms with van der Waals surface area (Å²) >= 11 is 6.16. The molecule has 0 spiro atoms. The number of aliphatic hydroxyl groups excluding tert-OH is 1. The van der Waals surface area contributed by atoms with E-state index in [-0.39, 0.29) is 18.4 Å². The first-order valence-corrected chi connectivity index (χ1v) is 10.2. The van der Waals surface area contributed by atoms with E-state index in [1.165, 1.54) is 15.9 Å². The number of nitrogens with one attached hydrogen (secondary N) is 1. The molecular formula is C19H26ClN7O3. The molecule has 1 unspecified atom stereocenters. The van der Waals surface area contributed by atoms with Crippen LogP contribution in [0.25, 0.3) is 5.69 Å². The first-order chi connectivity index (χ1) is 14.3. The molecule has 1 fully saturated rings. The predicted molar refractivity (Wildman–Crippen MR) is 110 cm³/mol. The lowest BCUT2D eigenvalue weighted by molar-refractivity contribution is -0.142. The van der Waals surface area contributed by atoms with Gasteiger partial charge in [-0.3, -0.25) is 14.9 Å². The molecule has 30 heavy (non-hydrogen) atoms. The second kappa shape index (κ2) is 9.50. The monoisotopic (exact) mass is 435 g/mol. The summed E-state index contributed by atoms with van der Waals surface area (Å²) in [5, 5.41) is 25.6.